The van der Waals surface area contributed by atoms with Gasteiger partial charge in [-0.05, 0) is 6.42 Å². The number of hydrogen-bond donors (Lipinski definition) is 1. The van der Waals surface area contributed by atoms with E-state index in [-0.39, 0.29) is 18.5 Å². The van der Waals surface area contributed by atoms with E-state index < -0.39 is 11.9 Å². The highest BCUT2D eigenvalue weighted by molar-refractivity contribution is 5.85. The molecule has 0 aliphatic carbocycles. The van der Waals surface area contributed by atoms with Crippen LogP contribution in [0.3, 0.4) is 0 Å². The number of carbonyl (C=O) groups excluding carboxylic acids is 2. The molecule has 0 fully saturated rings. The van der Waals surface area contributed by atoms with Crippen LogP contribution < -0.4 is 0 Å². The lowest BCUT2D eigenvalue weighted by Crippen LogP contribution is -1.99. The minimum Gasteiger partial charge on any atom is -0.478 e. The van der Waals surface area contributed by atoms with Crippen molar-refractivity contribution in [3.8, 4) is 0 Å². The summed E-state index contributed by atoms with van der Waals surface area (Å²) in [4.78, 5) is 32.5. The monoisotopic (exact) mass is 227 g/mol. The zero-order valence-corrected chi connectivity index (χ0v) is 8.93. The van der Waals surface area contributed by atoms with Crippen molar-refractivity contribution < 1.29 is 24.2 Å². The van der Waals surface area contributed by atoms with Gasteiger partial charge in [-0.3, -0.25) is 0 Å². The van der Waals surface area contributed by atoms with Gasteiger partial charge < -0.3 is 9.84 Å². The van der Waals surface area contributed by atoms with Gasteiger partial charge in [-0.15, -0.1) is 0 Å². The largest absolute Gasteiger partial charge is 0.478 e. The fourth-order valence-corrected chi connectivity index (χ4v) is 0.427. The summed E-state index contributed by atoms with van der Waals surface area (Å²) in [7, 11) is 1.31. The lowest BCUT2D eigenvalue weighted by atomic mass is 10.2. The fraction of sp³-hybridized carbons (Fsp3) is 0.300. The first kappa shape index (κ1) is 16.2. The molecule has 6 nitrogen and oxygen atoms in total. The molecule has 88 valence electrons. The van der Waals surface area contributed by atoms with Crippen LogP contribution >= 0.6 is 0 Å². The first-order valence-electron chi connectivity index (χ1n) is 4.14. The third kappa shape index (κ3) is 11.8. The van der Waals surface area contributed by atoms with E-state index in [2.05, 4.69) is 22.9 Å². The standard InChI is InChI=1S/C6H7NO3.C4H6O2/c1-5(6(9)10)2-3-7-4-8;1-3-4(5)6-2/h1-3H2,(H,9,10);3H,1H2,2H3. The van der Waals surface area contributed by atoms with Crippen molar-refractivity contribution in [2.24, 2.45) is 4.99 Å². The van der Waals surface area contributed by atoms with E-state index in [1.807, 2.05) is 0 Å². The Balaban J connectivity index is 0. The van der Waals surface area contributed by atoms with Crippen LogP contribution in [0.1, 0.15) is 6.42 Å². The van der Waals surface area contributed by atoms with Gasteiger partial charge in [-0.2, -0.15) is 0 Å². The summed E-state index contributed by atoms with van der Waals surface area (Å²) in [5.74, 6) is -1.45. The van der Waals surface area contributed by atoms with Gasteiger partial charge in [0, 0.05) is 11.6 Å². The molecule has 0 aliphatic heterocycles. The lowest BCUT2D eigenvalue weighted by Gasteiger charge is -1.92. The Bertz CT molecular complexity index is 315. The van der Waals surface area contributed by atoms with Gasteiger partial charge in [0.05, 0.1) is 13.7 Å². The van der Waals surface area contributed by atoms with E-state index >= 15 is 0 Å². The maximum absolute atomic E-state index is 10.1. The van der Waals surface area contributed by atoms with Crippen LogP contribution in [0.25, 0.3) is 0 Å². The van der Waals surface area contributed by atoms with Crippen molar-refractivity contribution in [1.29, 1.82) is 0 Å². The topological polar surface area (TPSA) is 93.0 Å². The number of hydrogen-bond acceptors (Lipinski definition) is 5. The Morgan fingerprint density at radius 1 is 1.56 bits per heavy atom. The molecule has 0 amide bonds. The summed E-state index contributed by atoms with van der Waals surface area (Å²) in [5.41, 5.74) is 0.0546. The highest BCUT2D eigenvalue weighted by atomic mass is 16.5. The van der Waals surface area contributed by atoms with Gasteiger partial charge in [0.1, 0.15) is 0 Å². The Kier molecular flexibility index (Phi) is 11.0. The summed E-state index contributed by atoms with van der Waals surface area (Å²) in [6.07, 6.45) is 2.61. The first-order chi connectivity index (χ1) is 7.49. The molecular weight excluding hydrogens is 214 g/mol. The van der Waals surface area contributed by atoms with Crippen molar-refractivity contribution in [2.75, 3.05) is 13.7 Å². The zero-order chi connectivity index (χ0) is 13.0. The normalized spacial score (nSPS) is 7.56. The Hall–Kier alpha value is -2.20. The predicted molar refractivity (Wildman–Crippen MR) is 56.6 cm³/mol. The summed E-state index contributed by atoms with van der Waals surface area (Å²) >= 11 is 0. The lowest BCUT2D eigenvalue weighted by molar-refractivity contribution is -0.135. The van der Waals surface area contributed by atoms with Gasteiger partial charge in [-0.1, -0.05) is 13.2 Å². The molecule has 6 heteroatoms. The van der Waals surface area contributed by atoms with E-state index in [0.29, 0.717) is 0 Å². The van der Waals surface area contributed by atoms with E-state index in [1.165, 1.54) is 13.2 Å². The van der Waals surface area contributed by atoms with Crippen LogP contribution in [-0.4, -0.2) is 36.8 Å². The van der Waals surface area contributed by atoms with Gasteiger partial charge in [-0.25, -0.2) is 19.4 Å². The second-order valence-electron chi connectivity index (χ2n) is 2.36. The summed E-state index contributed by atoms with van der Waals surface area (Å²) in [5, 5.41) is 8.24. The number of ether oxygens (including phenoxy) is 1. The van der Waals surface area contributed by atoms with E-state index in [1.54, 1.807) is 0 Å². The maximum atomic E-state index is 10.1. The molecule has 0 heterocycles. The molecule has 0 spiro atoms. The molecule has 0 bridgehead atoms. The molecule has 0 aromatic rings. The molecule has 0 aromatic heterocycles. The van der Waals surface area contributed by atoms with Crippen molar-refractivity contribution in [3.63, 3.8) is 0 Å². The van der Waals surface area contributed by atoms with Gasteiger partial charge in [0.2, 0.25) is 6.08 Å². The Labute approximate surface area is 92.9 Å². The molecule has 0 aliphatic rings. The fourth-order valence-electron chi connectivity index (χ4n) is 0.427. The highest BCUT2D eigenvalue weighted by Crippen LogP contribution is 1.96. The average Bonchev–Trinajstić information content (AvgIpc) is 2.28. The molecule has 0 saturated carbocycles. The molecule has 1 N–H and O–H groups in total. The number of carbonyl (C=O) groups is 2. The number of esters is 1. The van der Waals surface area contributed by atoms with E-state index in [9.17, 15) is 14.4 Å². The Morgan fingerprint density at radius 3 is 2.38 bits per heavy atom. The number of nitrogens with zero attached hydrogens (tertiary/aromatic N) is 1. The summed E-state index contributed by atoms with van der Waals surface area (Å²) < 4.78 is 4.14. The van der Waals surface area contributed by atoms with Gasteiger partial charge >= 0.3 is 11.9 Å². The quantitative estimate of drug-likeness (QED) is 0.323. The minimum absolute atomic E-state index is 0.0546. The molecular formula is C10H13NO5. The highest BCUT2D eigenvalue weighted by Gasteiger charge is 2.01. The molecule has 0 unspecified atom stereocenters. The van der Waals surface area contributed by atoms with Crippen LogP contribution in [0.5, 0.6) is 0 Å². The van der Waals surface area contributed by atoms with Crippen molar-refractivity contribution in [3.05, 3.63) is 24.8 Å². The van der Waals surface area contributed by atoms with Crippen LogP contribution in [0, 0.1) is 0 Å². The van der Waals surface area contributed by atoms with Gasteiger partial charge in [0.15, 0.2) is 0 Å². The number of isocyanates is 1. The van der Waals surface area contributed by atoms with Crippen molar-refractivity contribution >= 4 is 18.0 Å². The summed E-state index contributed by atoms with van der Waals surface area (Å²) in [6.45, 7) is 6.54. The number of methoxy groups -OCH3 is 1. The SMILES string of the molecule is C=C(CCN=C=O)C(=O)O.C=CC(=O)OC. The zero-order valence-electron chi connectivity index (χ0n) is 8.93. The number of aliphatic imine (C=N–C) groups is 1. The number of carboxylic acid groups (broad SMARTS) is 1. The molecule has 0 atom stereocenters. The Morgan fingerprint density at radius 2 is 2.12 bits per heavy atom. The second kappa shape index (κ2) is 10.9. The number of aliphatic carboxylic acids is 1. The third-order valence-corrected chi connectivity index (χ3v) is 1.26. The minimum atomic E-state index is -1.05. The molecule has 0 radical (unpaired) electrons. The van der Waals surface area contributed by atoms with Crippen LogP contribution in [0.4, 0.5) is 0 Å². The average molecular weight is 227 g/mol. The van der Waals surface area contributed by atoms with E-state index in [4.69, 9.17) is 5.11 Å². The smallest absolute Gasteiger partial charge is 0.331 e. The predicted octanol–water partition coefficient (Wildman–Crippen LogP) is 0.698. The summed E-state index contributed by atoms with van der Waals surface area (Å²) in [6, 6.07) is 0. The first-order valence-corrected chi connectivity index (χ1v) is 4.14. The maximum Gasteiger partial charge on any atom is 0.331 e. The number of rotatable bonds is 5. The van der Waals surface area contributed by atoms with Crippen LogP contribution in [-0.2, 0) is 19.1 Å². The molecule has 0 saturated heterocycles. The second-order valence-corrected chi connectivity index (χ2v) is 2.36. The molecule has 0 rings (SSSR count). The third-order valence-electron chi connectivity index (χ3n) is 1.26. The van der Waals surface area contributed by atoms with Crippen molar-refractivity contribution in [1.82, 2.24) is 0 Å². The van der Waals surface area contributed by atoms with Crippen molar-refractivity contribution in [2.45, 2.75) is 6.42 Å². The van der Waals surface area contributed by atoms with E-state index in [0.717, 1.165) is 6.08 Å². The molecule has 16 heavy (non-hydrogen) atoms. The van der Waals surface area contributed by atoms with Crippen LogP contribution in [0.2, 0.25) is 0 Å². The molecule has 0 aromatic carbocycles. The van der Waals surface area contributed by atoms with Gasteiger partial charge in [0.25, 0.3) is 0 Å². The number of carboxylic acids is 1. The van der Waals surface area contributed by atoms with Crippen LogP contribution in [0.15, 0.2) is 29.8 Å².